The molecule has 1 aromatic rings. The van der Waals surface area contributed by atoms with Crippen molar-refractivity contribution in [1.29, 1.82) is 0 Å². The lowest BCUT2D eigenvalue weighted by molar-refractivity contribution is -0.131. The molecule has 5 heteroatoms. The maximum Gasteiger partial charge on any atom is 0.328 e. The Labute approximate surface area is 117 Å². The summed E-state index contributed by atoms with van der Waals surface area (Å²) in [6.07, 6.45) is 4.47. The van der Waals surface area contributed by atoms with Crippen LogP contribution in [0.5, 0.6) is 11.5 Å². The Morgan fingerprint density at radius 3 is 2.75 bits per heavy atom. The third-order valence-corrected chi connectivity index (χ3v) is 3.07. The summed E-state index contributed by atoms with van der Waals surface area (Å²) in [4.78, 5) is 10.5. The van der Waals surface area contributed by atoms with Gasteiger partial charge in [-0.1, -0.05) is 6.07 Å². The van der Waals surface area contributed by atoms with E-state index in [1.165, 1.54) is 6.08 Å². The highest BCUT2D eigenvalue weighted by atomic mass is 16.5. The lowest BCUT2D eigenvalue weighted by Crippen LogP contribution is -2.26. The van der Waals surface area contributed by atoms with Gasteiger partial charge in [-0.25, -0.2) is 4.79 Å². The zero-order chi connectivity index (χ0) is 14.4. The van der Waals surface area contributed by atoms with Gasteiger partial charge in [0.1, 0.15) is 6.10 Å². The Balaban J connectivity index is 2.10. The van der Waals surface area contributed by atoms with Gasteiger partial charge < -0.3 is 19.3 Å². The summed E-state index contributed by atoms with van der Waals surface area (Å²) in [5.74, 6) is 0.294. The highest BCUT2D eigenvalue weighted by Crippen LogP contribution is 2.30. The molecule has 1 aromatic carbocycles. The molecule has 0 saturated carbocycles. The van der Waals surface area contributed by atoms with Gasteiger partial charge >= 0.3 is 5.97 Å². The Kier molecular flexibility index (Phi) is 5.01. The summed E-state index contributed by atoms with van der Waals surface area (Å²) in [5, 5.41) is 8.62. The summed E-state index contributed by atoms with van der Waals surface area (Å²) in [7, 11) is 1.57. The van der Waals surface area contributed by atoms with Gasteiger partial charge in [0.25, 0.3) is 0 Å². The molecule has 1 aliphatic rings. The fraction of sp³-hybridized carbons (Fsp3) is 0.400. The highest BCUT2D eigenvalue weighted by Gasteiger charge is 2.17. The van der Waals surface area contributed by atoms with Gasteiger partial charge in [-0.3, -0.25) is 0 Å². The largest absolute Gasteiger partial charge is 0.493 e. The van der Waals surface area contributed by atoms with Crippen LogP contribution in [0.3, 0.4) is 0 Å². The van der Waals surface area contributed by atoms with Crippen molar-refractivity contribution in [3.8, 4) is 11.5 Å². The van der Waals surface area contributed by atoms with Crippen molar-refractivity contribution in [2.24, 2.45) is 0 Å². The predicted molar refractivity (Wildman–Crippen MR) is 74.1 cm³/mol. The summed E-state index contributed by atoms with van der Waals surface area (Å²) in [5.41, 5.74) is 0.753. The second kappa shape index (κ2) is 6.96. The van der Waals surface area contributed by atoms with E-state index in [1.807, 2.05) is 0 Å². The molecule has 0 aliphatic carbocycles. The first-order valence-corrected chi connectivity index (χ1v) is 6.52. The molecule has 0 aromatic heterocycles. The van der Waals surface area contributed by atoms with Gasteiger partial charge in [0.15, 0.2) is 11.5 Å². The van der Waals surface area contributed by atoms with Crippen molar-refractivity contribution < 1.29 is 24.1 Å². The second-order valence-electron chi connectivity index (χ2n) is 4.51. The van der Waals surface area contributed by atoms with Crippen LogP contribution in [0.25, 0.3) is 6.08 Å². The minimum atomic E-state index is -0.980. The molecule has 1 N–H and O–H groups in total. The monoisotopic (exact) mass is 278 g/mol. The molecule has 108 valence electrons. The molecular formula is C15H18O5. The van der Waals surface area contributed by atoms with Crippen LogP contribution >= 0.6 is 0 Å². The van der Waals surface area contributed by atoms with Gasteiger partial charge in [0.05, 0.1) is 20.3 Å². The van der Waals surface area contributed by atoms with E-state index in [0.29, 0.717) is 24.7 Å². The first-order valence-electron chi connectivity index (χ1n) is 6.52. The van der Waals surface area contributed by atoms with Crippen LogP contribution in [0.4, 0.5) is 0 Å². The second-order valence-corrected chi connectivity index (χ2v) is 4.51. The fourth-order valence-corrected chi connectivity index (χ4v) is 2.03. The maximum absolute atomic E-state index is 10.5. The van der Waals surface area contributed by atoms with E-state index in [1.54, 1.807) is 25.3 Å². The van der Waals surface area contributed by atoms with E-state index in [0.717, 1.165) is 24.5 Å². The molecule has 0 spiro atoms. The molecule has 2 rings (SSSR count). The highest BCUT2D eigenvalue weighted by molar-refractivity contribution is 5.85. The number of aliphatic carboxylic acids is 1. The lowest BCUT2D eigenvalue weighted by atomic mass is 10.1. The minimum Gasteiger partial charge on any atom is -0.493 e. The Morgan fingerprint density at radius 1 is 1.35 bits per heavy atom. The molecule has 0 unspecified atom stereocenters. The molecular weight excluding hydrogens is 260 g/mol. The summed E-state index contributed by atoms with van der Waals surface area (Å²) >= 11 is 0. The molecule has 1 aliphatic heterocycles. The quantitative estimate of drug-likeness (QED) is 0.837. The Bertz CT molecular complexity index is 489. The lowest BCUT2D eigenvalue weighted by Gasteiger charge is -2.24. The number of carboxylic acids is 1. The van der Waals surface area contributed by atoms with Crippen molar-refractivity contribution >= 4 is 12.0 Å². The molecule has 0 radical (unpaired) electrons. The van der Waals surface area contributed by atoms with Crippen LogP contribution in [0.1, 0.15) is 18.4 Å². The van der Waals surface area contributed by atoms with Gasteiger partial charge in [-0.2, -0.15) is 0 Å². The first-order chi connectivity index (χ1) is 9.69. The smallest absolute Gasteiger partial charge is 0.328 e. The molecule has 20 heavy (non-hydrogen) atoms. The molecule has 1 fully saturated rings. The summed E-state index contributed by atoms with van der Waals surface area (Å²) in [6.45, 7) is 1.43. The molecule has 0 amide bonds. The number of ether oxygens (including phenoxy) is 3. The Morgan fingerprint density at radius 2 is 2.10 bits per heavy atom. The molecule has 1 heterocycles. The average Bonchev–Trinajstić information content (AvgIpc) is 2.47. The van der Waals surface area contributed by atoms with E-state index in [2.05, 4.69) is 0 Å². The van der Waals surface area contributed by atoms with E-state index < -0.39 is 5.97 Å². The first kappa shape index (κ1) is 14.4. The summed E-state index contributed by atoms with van der Waals surface area (Å²) in [6, 6.07) is 5.36. The number of carbonyl (C=O) groups is 1. The van der Waals surface area contributed by atoms with Crippen LogP contribution in [0.2, 0.25) is 0 Å². The average molecular weight is 278 g/mol. The van der Waals surface area contributed by atoms with Crippen molar-refractivity contribution in [3.63, 3.8) is 0 Å². The number of carboxylic acid groups (broad SMARTS) is 1. The van der Waals surface area contributed by atoms with Crippen molar-refractivity contribution in [2.45, 2.75) is 18.9 Å². The molecule has 0 atom stereocenters. The number of benzene rings is 1. The number of hydrogen-bond acceptors (Lipinski definition) is 4. The molecule has 5 nitrogen and oxygen atoms in total. The van der Waals surface area contributed by atoms with E-state index in [-0.39, 0.29) is 6.10 Å². The fourth-order valence-electron chi connectivity index (χ4n) is 2.03. The number of methoxy groups -OCH3 is 1. The van der Waals surface area contributed by atoms with Crippen LogP contribution in [-0.2, 0) is 9.53 Å². The van der Waals surface area contributed by atoms with Crippen molar-refractivity contribution in [1.82, 2.24) is 0 Å². The third kappa shape index (κ3) is 3.99. The standard InChI is InChI=1S/C15H18O5/c1-18-14-10-11(3-5-15(16)17)2-4-13(14)20-12-6-8-19-9-7-12/h2-5,10,12H,6-9H2,1H3,(H,16,17)/b5-3+. The van der Waals surface area contributed by atoms with E-state index in [4.69, 9.17) is 19.3 Å². The minimum absolute atomic E-state index is 0.137. The number of hydrogen-bond donors (Lipinski definition) is 1. The predicted octanol–water partition coefficient (Wildman–Crippen LogP) is 2.35. The zero-order valence-electron chi connectivity index (χ0n) is 11.4. The van der Waals surface area contributed by atoms with Crippen LogP contribution in [0, 0.1) is 0 Å². The molecule has 0 bridgehead atoms. The van der Waals surface area contributed by atoms with Crippen molar-refractivity contribution in [3.05, 3.63) is 29.8 Å². The van der Waals surface area contributed by atoms with Gasteiger partial charge in [-0.05, 0) is 23.8 Å². The topological polar surface area (TPSA) is 65.0 Å². The van der Waals surface area contributed by atoms with Gasteiger partial charge in [0, 0.05) is 18.9 Å². The van der Waals surface area contributed by atoms with Crippen molar-refractivity contribution in [2.75, 3.05) is 20.3 Å². The van der Waals surface area contributed by atoms with E-state index >= 15 is 0 Å². The normalized spacial score (nSPS) is 16.2. The summed E-state index contributed by atoms with van der Waals surface area (Å²) < 4.78 is 16.5. The third-order valence-electron chi connectivity index (χ3n) is 3.07. The van der Waals surface area contributed by atoms with E-state index in [9.17, 15) is 4.79 Å². The SMILES string of the molecule is COc1cc(/C=C/C(=O)O)ccc1OC1CCOCC1. The maximum atomic E-state index is 10.5. The van der Waals surface area contributed by atoms with Gasteiger partial charge in [0.2, 0.25) is 0 Å². The number of rotatable bonds is 5. The van der Waals surface area contributed by atoms with Crippen LogP contribution in [-0.4, -0.2) is 37.5 Å². The van der Waals surface area contributed by atoms with Crippen LogP contribution < -0.4 is 9.47 Å². The molecule has 1 saturated heterocycles. The Hall–Kier alpha value is -2.01. The zero-order valence-corrected chi connectivity index (χ0v) is 11.4. The van der Waals surface area contributed by atoms with Crippen LogP contribution in [0.15, 0.2) is 24.3 Å². The van der Waals surface area contributed by atoms with Gasteiger partial charge in [-0.15, -0.1) is 0 Å².